The summed E-state index contributed by atoms with van der Waals surface area (Å²) < 4.78 is 27.3. The number of alkyl halides is 2. The van der Waals surface area contributed by atoms with Crippen LogP contribution in [-0.4, -0.2) is 23.4 Å². The standard InChI is InChI=1S/C18H34F2O2/c1-2-3-4-5-7-10-13-16(19)17(20)14-11-8-6-9-12-15-18(21)22/h16-17H,2-15H2,1H3,(H,21,22)/t16-,17-/m0/s1. The van der Waals surface area contributed by atoms with E-state index in [4.69, 9.17) is 5.11 Å². The molecule has 0 rings (SSSR count). The molecule has 22 heavy (non-hydrogen) atoms. The summed E-state index contributed by atoms with van der Waals surface area (Å²) in [6, 6.07) is 0. The summed E-state index contributed by atoms with van der Waals surface area (Å²) in [5.74, 6) is -0.765. The fraction of sp³-hybridized carbons (Fsp3) is 0.944. The Kier molecular flexibility index (Phi) is 14.8. The van der Waals surface area contributed by atoms with E-state index < -0.39 is 18.3 Å². The Balaban J connectivity index is 3.38. The van der Waals surface area contributed by atoms with Crippen LogP contribution < -0.4 is 0 Å². The van der Waals surface area contributed by atoms with Crippen LogP contribution in [0.15, 0.2) is 0 Å². The number of carboxylic acid groups (broad SMARTS) is 1. The van der Waals surface area contributed by atoms with E-state index in [1.54, 1.807) is 0 Å². The molecule has 0 fully saturated rings. The highest BCUT2D eigenvalue weighted by Crippen LogP contribution is 2.19. The molecule has 0 bridgehead atoms. The molecule has 4 heteroatoms. The van der Waals surface area contributed by atoms with Gasteiger partial charge in [-0.2, -0.15) is 0 Å². The van der Waals surface area contributed by atoms with Gasteiger partial charge in [-0.3, -0.25) is 4.79 Å². The second-order valence-corrected chi connectivity index (χ2v) is 6.29. The van der Waals surface area contributed by atoms with Crippen LogP contribution >= 0.6 is 0 Å². The fourth-order valence-corrected chi connectivity index (χ4v) is 2.63. The second kappa shape index (κ2) is 15.2. The number of aliphatic carboxylic acids is 1. The fourth-order valence-electron chi connectivity index (χ4n) is 2.63. The largest absolute Gasteiger partial charge is 0.481 e. The van der Waals surface area contributed by atoms with Crippen molar-refractivity contribution in [3.63, 3.8) is 0 Å². The summed E-state index contributed by atoms with van der Waals surface area (Å²) in [6.07, 6.45) is 8.82. The van der Waals surface area contributed by atoms with Gasteiger partial charge in [0.1, 0.15) is 12.3 Å². The van der Waals surface area contributed by atoms with Crippen LogP contribution in [0.3, 0.4) is 0 Å². The zero-order valence-electron chi connectivity index (χ0n) is 14.2. The SMILES string of the molecule is CCCCCCCC[C@H](F)[C@@H](F)CCCCCCCC(=O)O. The van der Waals surface area contributed by atoms with E-state index in [0.717, 1.165) is 38.5 Å². The Hall–Kier alpha value is -0.670. The van der Waals surface area contributed by atoms with Crippen LogP contribution in [0.5, 0.6) is 0 Å². The monoisotopic (exact) mass is 320 g/mol. The number of halogens is 2. The lowest BCUT2D eigenvalue weighted by Crippen LogP contribution is -2.17. The molecule has 0 aromatic rings. The van der Waals surface area contributed by atoms with E-state index in [9.17, 15) is 13.6 Å². The molecule has 0 saturated heterocycles. The highest BCUT2D eigenvalue weighted by atomic mass is 19.2. The lowest BCUT2D eigenvalue weighted by atomic mass is 10.0. The molecule has 0 aliphatic rings. The van der Waals surface area contributed by atoms with Gasteiger partial charge in [-0.1, -0.05) is 71.1 Å². The van der Waals surface area contributed by atoms with Gasteiger partial charge in [0.25, 0.3) is 0 Å². The summed E-state index contributed by atoms with van der Waals surface area (Å²) in [5, 5.41) is 8.49. The van der Waals surface area contributed by atoms with Crippen molar-refractivity contribution in [3.8, 4) is 0 Å². The van der Waals surface area contributed by atoms with E-state index in [0.29, 0.717) is 25.7 Å². The van der Waals surface area contributed by atoms with E-state index in [1.807, 2.05) is 0 Å². The van der Waals surface area contributed by atoms with Crippen LogP contribution in [0.25, 0.3) is 0 Å². The highest BCUT2D eigenvalue weighted by molar-refractivity contribution is 5.66. The number of carbonyl (C=O) groups is 1. The first-order valence-electron chi connectivity index (χ1n) is 9.07. The summed E-state index contributed by atoms with van der Waals surface area (Å²) in [7, 11) is 0. The lowest BCUT2D eigenvalue weighted by molar-refractivity contribution is -0.137. The molecule has 0 amide bonds. The van der Waals surface area contributed by atoms with Crippen LogP contribution in [0.4, 0.5) is 8.78 Å². The number of hydrogen-bond donors (Lipinski definition) is 1. The molecule has 2 nitrogen and oxygen atoms in total. The van der Waals surface area contributed by atoms with Gasteiger partial charge in [-0.15, -0.1) is 0 Å². The van der Waals surface area contributed by atoms with Gasteiger partial charge in [0.15, 0.2) is 0 Å². The van der Waals surface area contributed by atoms with Gasteiger partial charge in [0, 0.05) is 6.42 Å². The molecule has 0 aliphatic heterocycles. The third-order valence-electron chi connectivity index (χ3n) is 4.10. The Morgan fingerprint density at radius 1 is 0.773 bits per heavy atom. The van der Waals surface area contributed by atoms with Crippen LogP contribution in [-0.2, 0) is 4.79 Å². The van der Waals surface area contributed by atoms with Crippen molar-refractivity contribution in [3.05, 3.63) is 0 Å². The van der Waals surface area contributed by atoms with Gasteiger partial charge in [-0.25, -0.2) is 8.78 Å². The van der Waals surface area contributed by atoms with Gasteiger partial charge in [0.05, 0.1) is 0 Å². The molecule has 2 atom stereocenters. The molecular formula is C18H34F2O2. The Bertz CT molecular complexity index is 259. The zero-order valence-corrected chi connectivity index (χ0v) is 14.2. The summed E-state index contributed by atoms with van der Waals surface area (Å²) in [5.41, 5.74) is 0. The Labute approximate surface area is 134 Å². The molecule has 0 unspecified atom stereocenters. The number of rotatable bonds is 16. The summed E-state index contributed by atoms with van der Waals surface area (Å²) in [6.45, 7) is 2.16. The molecule has 0 heterocycles. The minimum Gasteiger partial charge on any atom is -0.481 e. The third kappa shape index (κ3) is 14.3. The lowest BCUT2D eigenvalue weighted by Gasteiger charge is -2.13. The minimum absolute atomic E-state index is 0.205. The zero-order chi connectivity index (χ0) is 16.6. The maximum atomic E-state index is 13.7. The van der Waals surface area contributed by atoms with Gasteiger partial charge >= 0.3 is 5.97 Å². The quantitative estimate of drug-likeness (QED) is 0.342. The van der Waals surface area contributed by atoms with Crippen molar-refractivity contribution in [2.45, 2.75) is 109 Å². The first-order chi connectivity index (χ1) is 10.6. The van der Waals surface area contributed by atoms with Crippen molar-refractivity contribution < 1.29 is 18.7 Å². The summed E-state index contributed by atoms with van der Waals surface area (Å²) >= 11 is 0. The topological polar surface area (TPSA) is 37.3 Å². The van der Waals surface area contributed by atoms with Crippen molar-refractivity contribution in [2.24, 2.45) is 0 Å². The molecule has 132 valence electrons. The maximum Gasteiger partial charge on any atom is 0.303 e. The predicted octanol–water partition coefficient (Wildman–Crippen LogP) is 6.23. The number of unbranched alkanes of at least 4 members (excludes halogenated alkanes) is 9. The molecule has 1 N–H and O–H groups in total. The van der Waals surface area contributed by atoms with Crippen LogP contribution in [0.1, 0.15) is 96.8 Å². The number of hydrogen-bond acceptors (Lipinski definition) is 1. The van der Waals surface area contributed by atoms with E-state index in [1.165, 1.54) is 19.3 Å². The molecular weight excluding hydrogens is 286 g/mol. The molecule has 0 aromatic heterocycles. The molecule has 0 radical (unpaired) electrons. The minimum atomic E-state index is -1.32. The molecule has 0 spiro atoms. The second-order valence-electron chi connectivity index (χ2n) is 6.29. The van der Waals surface area contributed by atoms with E-state index in [2.05, 4.69) is 6.92 Å². The van der Waals surface area contributed by atoms with Gasteiger partial charge in [0.2, 0.25) is 0 Å². The van der Waals surface area contributed by atoms with Crippen LogP contribution in [0, 0.1) is 0 Å². The molecule has 0 saturated carbocycles. The summed E-state index contributed by atoms with van der Waals surface area (Å²) in [4.78, 5) is 10.3. The Morgan fingerprint density at radius 2 is 1.18 bits per heavy atom. The third-order valence-corrected chi connectivity index (χ3v) is 4.10. The maximum absolute atomic E-state index is 13.7. The van der Waals surface area contributed by atoms with E-state index >= 15 is 0 Å². The molecule has 0 aliphatic carbocycles. The van der Waals surface area contributed by atoms with Crippen molar-refractivity contribution in [1.82, 2.24) is 0 Å². The average Bonchev–Trinajstić information content (AvgIpc) is 2.49. The predicted molar refractivity (Wildman–Crippen MR) is 87.7 cm³/mol. The highest BCUT2D eigenvalue weighted by Gasteiger charge is 2.19. The first-order valence-corrected chi connectivity index (χ1v) is 9.07. The number of carboxylic acids is 1. The average molecular weight is 320 g/mol. The Morgan fingerprint density at radius 3 is 1.64 bits per heavy atom. The van der Waals surface area contributed by atoms with Crippen LogP contribution in [0.2, 0.25) is 0 Å². The normalized spacial score (nSPS) is 14.0. The van der Waals surface area contributed by atoms with Crippen molar-refractivity contribution in [2.75, 3.05) is 0 Å². The van der Waals surface area contributed by atoms with Gasteiger partial charge < -0.3 is 5.11 Å². The van der Waals surface area contributed by atoms with E-state index in [-0.39, 0.29) is 6.42 Å². The van der Waals surface area contributed by atoms with Crippen molar-refractivity contribution in [1.29, 1.82) is 0 Å². The smallest absolute Gasteiger partial charge is 0.303 e. The molecule has 0 aromatic carbocycles. The van der Waals surface area contributed by atoms with Crippen molar-refractivity contribution >= 4 is 5.97 Å². The van der Waals surface area contributed by atoms with Gasteiger partial charge in [-0.05, 0) is 19.3 Å². The first kappa shape index (κ1) is 21.3.